The van der Waals surface area contributed by atoms with Gasteiger partial charge in [-0.3, -0.25) is 0 Å². The zero-order valence-corrected chi connectivity index (χ0v) is 10.7. The van der Waals surface area contributed by atoms with Crippen LogP contribution in [0, 0.1) is 23.1 Å². The van der Waals surface area contributed by atoms with Crippen LogP contribution in [0.5, 0.6) is 0 Å². The fourth-order valence-corrected chi connectivity index (χ4v) is 2.38. The lowest BCUT2D eigenvalue weighted by Crippen LogP contribution is -2.20. The molecule has 0 unspecified atom stereocenters. The van der Waals surface area contributed by atoms with Crippen LogP contribution in [0.25, 0.3) is 0 Å². The van der Waals surface area contributed by atoms with Gasteiger partial charge < -0.3 is 4.90 Å². The van der Waals surface area contributed by atoms with Crippen LogP contribution in [0.15, 0.2) is 23.1 Å². The van der Waals surface area contributed by atoms with Crippen molar-refractivity contribution in [1.82, 2.24) is 0 Å². The summed E-state index contributed by atoms with van der Waals surface area (Å²) in [5.41, 5.74) is 0.537. The van der Waals surface area contributed by atoms with Crippen LogP contribution in [0.1, 0.15) is 6.42 Å². The predicted octanol–water partition coefficient (Wildman–Crippen LogP) is 2.76. The van der Waals surface area contributed by atoms with Crippen molar-refractivity contribution in [2.75, 3.05) is 25.1 Å². The Morgan fingerprint density at radius 1 is 1.56 bits per heavy atom. The molecule has 96 valence electrons. The molecular formula is C12H13FN2O2S. The van der Waals surface area contributed by atoms with E-state index < -0.39 is 0 Å². The van der Waals surface area contributed by atoms with Gasteiger partial charge in [-0.15, -0.1) is 0 Å². The van der Waals surface area contributed by atoms with Crippen LogP contribution in [-0.4, -0.2) is 20.2 Å². The van der Waals surface area contributed by atoms with Crippen LogP contribution >= 0.6 is 12.0 Å². The third kappa shape index (κ3) is 2.93. The highest BCUT2D eigenvalue weighted by Gasteiger charge is 2.24. The Kier molecular flexibility index (Phi) is 4.42. The third-order valence-electron chi connectivity index (χ3n) is 2.83. The summed E-state index contributed by atoms with van der Waals surface area (Å²) in [6.45, 7) is 1.31. The Hall–Kier alpha value is -1.29. The maximum Gasteiger partial charge on any atom is 0.147 e. The SMILES string of the molecule is COOSc1ccc(N2CC[C@H](C#N)C2)c(F)c1. The topological polar surface area (TPSA) is 45.5 Å². The predicted molar refractivity (Wildman–Crippen MR) is 66.3 cm³/mol. The van der Waals surface area contributed by atoms with Gasteiger partial charge in [-0.25, -0.2) is 9.28 Å². The van der Waals surface area contributed by atoms with Gasteiger partial charge in [0, 0.05) is 18.0 Å². The van der Waals surface area contributed by atoms with E-state index >= 15 is 0 Å². The number of hydrogen-bond donors (Lipinski definition) is 0. The summed E-state index contributed by atoms with van der Waals surface area (Å²) >= 11 is 0.958. The summed E-state index contributed by atoms with van der Waals surface area (Å²) in [6, 6.07) is 7.09. The summed E-state index contributed by atoms with van der Waals surface area (Å²) in [4.78, 5) is 6.97. The molecule has 6 heteroatoms. The first-order chi connectivity index (χ1) is 8.74. The van der Waals surface area contributed by atoms with Gasteiger partial charge in [-0.2, -0.15) is 9.60 Å². The normalized spacial score (nSPS) is 18.9. The van der Waals surface area contributed by atoms with Crippen molar-refractivity contribution in [3.63, 3.8) is 0 Å². The van der Waals surface area contributed by atoms with Gasteiger partial charge in [0.1, 0.15) is 5.82 Å². The van der Waals surface area contributed by atoms with E-state index in [1.54, 1.807) is 12.1 Å². The van der Waals surface area contributed by atoms with E-state index in [9.17, 15) is 4.39 Å². The van der Waals surface area contributed by atoms with E-state index in [2.05, 4.69) is 15.3 Å². The molecule has 0 spiro atoms. The van der Waals surface area contributed by atoms with Crippen LogP contribution in [0.2, 0.25) is 0 Å². The second-order valence-electron chi connectivity index (χ2n) is 3.99. The van der Waals surface area contributed by atoms with E-state index in [1.807, 2.05) is 4.90 Å². The van der Waals surface area contributed by atoms with Crippen LogP contribution < -0.4 is 4.90 Å². The number of nitrogens with zero attached hydrogens (tertiary/aromatic N) is 2. The number of benzene rings is 1. The molecule has 1 aromatic rings. The van der Waals surface area contributed by atoms with Crippen molar-refractivity contribution < 1.29 is 13.6 Å². The molecule has 0 amide bonds. The zero-order chi connectivity index (χ0) is 13.0. The number of rotatable bonds is 4. The summed E-state index contributed by atoms with van der Waals surface area (Å²) in [5.74, 6) is -0.312. The minimum absolute atomic E-state index is 0.00437. The first-order valence-corrected chi connectivity index (χ1v) is 6.30. The first-order valence-electron chi connectivity index (χ1n) is 5.56. The first kappa shape index (κ1) is 13.1. The molecule has 0 radical (unpaired) electrons. The number of hydrogen-bond acceptors (Lipinski definition) is 5. The standard InChI is InChI=1S/C12H13FN2O2S/c1-16-17-18-10-2-3-12(11(13)6-10)15-5-4-9(7-14)8-15/h2-3,6,9H,4-5,8H2,1H3/t9-/m1/s1. The van der Waals surface area contributed by atoms with Gasteiger partial charge in [-0.1, -0.05) is 0 Å². The Labute approximate surface area is 109 Å². The molecule has 1 fully saturated rings. The van der Waals surface area contributed by atoms with Crippen molar-refractivity contribution in [2.24, 2.45) is 5.92 Å². The van der Waals surface area contributed by atoms with Crippen molar-refractivity contribution in [3.8, 4) is 6.07 Å². The Bertz CT molecular complexity index is 464. The van der Waals surface area contributed by atoms with Crippen LogP contribution in [0.4, 0.5) is 10.1 Å². The largest absolute Gasteiger partial charge is 0.368 e. The molecule has 0 bridgehead atoms. The molecular weight excluding hydrogens is 255 g/mol. The van der Waals surface area contributed by atoms with Crippen molar-refractivity contribution in [3.05, 3.63) is 24.0 Å². The van der Waals surface area contributed by atoms with Crippen molar-refractivity contribution >= 4 is 17.7 Å². The lowest BCUT2D eigenvalue weighted by atomic mass is 10.1. The Morgan fingerprint density at radius 3 is 3.00 bits per heavy atom. The molecule has 0 aromatic heterocycles. The van der Waals surface area contributed by atoms with E-state index in [-0.39, 0.29) is 11.7 Å². The van der Waals surface area contributed by atoms with E-state index in [0.717, 1.165) is 25.0 Å². The molecule has 1 atom stereocenters. The monoisotopic (exact) mass is 268 g/mol. The molecule has 2 rings (SSSR count). The molecule has 0 N–H and O–H groups in total. The van der Waals surface area contributed by atoms with Gasteiger partial charge in [-0.05, 0) is 24.6 Å². The van der Waals surface area contributed by atoms with Crippen molar-refractivity contribution in [2.45, 2.75) is 11.3 Å². The Balaban J connectivity index is 2.08. The summed E-state index contributed by atoms with van der Waals surface area (Å²) in [7, 11) is 1.39. The average Bonchev–Trinajstić information content (AvgIpc) is 2.85. The summed E-state index contributed by atoms with van der Waals surface area (Å²) in [5, 5.41) is 8.84. The smallest absolute Gasteiger partial charge is 0.147 e. The van der Waals surface area contributed by atoms with E-state index in [4.69, 9.17) is 5.26 Å². The minimum atomic E-state index is -0.307. The highest BCUT2D eigenvalue weighted by molar-refractivity contribution is 7.94. The lowest BCUT2D eigenvalue weighted by molar-refractivity contribution is -0.160. The molecule has 0 saturated carbocycles. The number of nitriles is 1. The molecule has 1 saturated heterocycles. The summed E-state index contributed by atoms with van der Waals surface area (Å²) in [6.07, 6.45) is 0.791. The second kappa shape index (κ2) is 6.05. The van der Waals surface area contributed by atoms with Gasteiger partial charge in [0.15, 0.2) is 0 Å². The van der Waals surface area contributed by atoms with Gasteiger partial charge in [0.05, 0.1) is 36.8 Å². The van der Waals surface area contributed by atoms with E-state index in [1.165, 1.54) is 13.2 Å². The fraction of sp³-hybridized carbons (Fsp3) is 0.417. The van der Waals surface area contributed by atoms with Crippen molar-refractivity contribution in [1.29, 1.82) is 5.26 Å². The van der Waals surface area contributed by atoms with Gasteiger partial charge >= 0.3 is 0 Å². The number of anilines is 1. The second-order valence-corrected chi connectivity index (χ2v) is 4.77. The third-order valence-corrected chi connectivity index (χ3v) is 3.48. The van der Waals surface area contributed by atoms with Gasteiger partial charge in [0.25, 0.3) is 0 Å². The molecule has 0 aliphatic carbocycles. The Morgan fingerprint density at radius 2 is 2.39 bits per heavy atom. The van der Waals surface area contributed by atoms with E-state index in [0.29, 0.717) is 17.1 Å². The van der Waals surface area contributed by atoms with Crippen LogP contribution in [0.3, 0.4) is 0 Å². The maximum absolute atomic E-state index is 13.9. The molecule has 1 aliphatic heterocycles. The highest BCUT2D eigenvalue weighted by Crippen LogP contribution is 2.29. The quantitative estimate of drug-likeness (QED) is 0.477. The molecule has 18 heavy (non-hydrogen) atoms. The van der Waals surface area contributed by atoms with Crippen LogP contribution in [-0.2, 0) is 9.22 Å². The van der Waals surface area contributed by atoms with Gasteiger partial charge in [0.2, 0.25) is 0 Å². The number of halogens is 1. The highest BCUT2D eigenvalue weighted by atomic mass is 32.2. The maximum atomic E-state index is 13.9. The fourth-order valence-electron chi connectivity index (χ4n) is 1.95. The summed E-state index contributed by atoms with van der Waals surface area (Å²) < 4.78 is 18.6. The molecule has 4 nitrogen and oxygen atoms in total. The lowest BCUT2D eigenvalue weighted by Gasteiger charge is -2.18. The minimum Gasteiger partial charge on any atom is -0.368 e. The molecule has 1 aromatic carbocycles. The zero-order valence-electron chi connectivity index (χ0n) is 9.93. The molecule has 1 heterocycles. The molecule has 1 aliphatic rings. The average molecular weight is 268 g/mol.